The first-order valence-electron chi connectivity index (χ1n) is 11.0. The molecule has 0 spiro atoms. The number of pyridine rings is 1. The van der Waals surface area contributed by atoms with E-state index in [0.717, 1.165) is 6.07 Å². The van der Waals surface area contributed by atoms with Gasteiger partial charge < -0.3 is 4.74 Å². The predicted octanol–water partition coefficient (Wildman–Crippen LogP) is 5.31. The predicted molar refractivity (Wildman–Crippen MR) is 121 cm³/mol. The quantitative estimate of drug-likeness (QED) is 0.389. The average Bonchev–Trinajstić information content (AvgIpc) is 2.75. The number of halogens is 4. The molecule has 0 fully saturated rings. The molecule has 1 atom stereocenters. The molecule has 0 saturated heterocycles. The lowest BCUT2D eigenvalue weighted by atomic mass is 9.92. The lowest BCUT2D eigenvalue weighted by Crippen LogP contribution is -2.15. The molecule has 0 aliphatic carbocycles. The van der Waals surface area contributed by atoms with Gasteiger partial charge in [0.25, 0.3) is 0 Å². The van der Waals surface area contributed by atoms with Crippen LogP contribution in [0.25, 0.3) is 0 Å². The molecule has 1 aromatic heterocycles. The van der Waals surface area contributed by atoms with Crippen molar-refractivity contribution in [2.24, 2.45) is 0 Å². The van der Waals surface area contributed by atoms with Crippen molar-refractivity contribution in [3.63, 3.8) is 0 Å². The van der Waals surface area contributed by atoms with Crippen LogP contribution in [0.1, 0.15) is 62.4 Å². The number of rotatable bonds is 11. The highest BCUT2D eigenvalue weighted by Crippen LogP contribution is 2.31. The molecule has 0 aliphatic heterocycles. The smallest absolute Gasteiger partial charge is 0.433 e. The summed E-state index contributed by atoms with van der Waals surface area (Å²) in [6, 6.07) is 6.40. The lowest BCUT2D eigenvalue weighted by Gasteiger charge is -2.16. The van der Waals surface area contributed by atoms with Crippen LogP contribution in [0, 0.1) is 5.82 Å². The summed E-state index contributed by atoms with van der Waals surface area (Å²) < 4.78 is 82.2. The molecule has 0 bridgehead atoms. The molecular weight excluding hydrogens is 474 g/mol. The standard InChI is InChI=1S/C24H29F4NO4S/c1-5-34(31,32)13-12-17-6-7-19(14-20(17)25)16(4)21(30)10-8-18-9-11-22(24(26,27)28)29-23(18)33-15(2)3/h6-7,9,11,14-16H,5,8,10,12-13H2,1-4H3. The number of sulfone groups is 1. The van der Waals surface area contributed by atoms with Crippen LogP contribution in [0.15, 0.2) is 30.3 Å². The first-order chi connectivity index (χ1) is 15.7. The number of aryl methyl sites for hydroxylation is 2. The van der Waals surface area contributed by atoms with Crippen molar-refractivity contribution >= 4 is 15.6 Å². The van der Waals surface area contributed by atoms with Gasteiger partial charge in [-0.1, -0.05) is 32.0 Å². The number of carbonyl (C=O) groups excluding carboxylic acids is 1. The molecule has 2 aromatic rings. The average molecular weight is 504 g/mol. The fourth-order valence-corrected chi connectivity index (χ4v) is 4.07. The number of hydrogen-bond acceptors (Lipinski definition) is 5. The van der Waals surface area contributed by atoms with Gasteiger partial charge in [-0.25, -0.2) is 17.8 Å². The van der Waals surface area contributed by atoms with Gasteiger partial charge in [0.15, 0.2) is 0 Å². The van der Waals surface area contributed by atoms with Crippen molar-refractivity contribution in [2.75, 3.05) is 11.5 Å². The Labute approximate surface area is 197 Å². The van der Waals surface area contributed by atoms with Crippen LogP contribution >= 0.6 is 0 Å². The molecule has 0 aliphatic rings. The number of Topliss-reactive ketones (excluding diaryl/α,β-unsaturated/α-hetero) is 1. The van der Waals surface area contributed by atoms with Gasteiger partial charge in [0.2, 0.25) is 5.88 Å². The Bertz CT molecular complexity index is 1110. The van der Waals surface area contributed by atoms with Gasteiger partial charge in [-0.15, -0.1) is 0 Å². The molecular formula is C24H29F4NO4S. The Morgan fingerprint density at radius 2 is 1.71 bits per heavy atom. The molecule has 0 N–H and O–H groups in total. The molecule has 1 unspecified atom stereocenters. The second-order valence-electron chi connectivity index (χ2n) is 8.35. The van der Waals surface area contributed by atoms with Crippen molar-refractivity contribution in [1.29, 1.82) is 0 Å². The molecule has 2 rings (SSSR count). The van der Waals surface area contributed by atoms with E-state index in [2.05, 4.69) is 4.98 Å². The third-order valence-corrected chi connectivity index (χ3v) is 7.11. The summed E-state index contributed by atoms with van der Waals surface area (Å²) in [6.45, 7) is 6.47. The summed E-state index contributed by atoms with van der Waals surface area (Å²) in [6.07, 6.45) is -4.86. The van der Waals surface area contributed by atoms with Gasteiger partial charge >= 0.3 is 6.18 Å². The van der Waals surface area contributed by atoms with Crippen LogP contribution in [0.5, 0.6) is 5.88 Å². The highest BCUT2D eigenvalue weighted by Gasteiger charge is 2.33. The summed E-state index contributed by atoms with van der Waals surface area (Å²) in [7, 11) is -3.23. The molecule has 188 valence electrons. The van der Waals surface area contributed by atoms with Crippen molar-refractivity contribution in [1.82, 2.24) is 4.98 Å². The minimum Gasteiger partial charge on any atom is -0.475 e. The van der Waals surface area contributed by atoms with Crippen LogP contribution in [0.4, 0.5) is 17.6 Å². The van der Waals surface area contributed by atoms with E-state index in [9.17, 15) is 30.8 Å². The molecule has 34 heavy (non-hydrogen) atoms. The fourth-order valence-electron chi connectivity index (χ4n) is 3.25. The zero-order chi connectivity index (χ0) is 25.7. The van der Waals surface area contributed by atoms with Gasteiger partial charge in [0.05, 0.1) is 11.9 Å². The third-order valence-electron chi connectivity index (χ3n) is 5.40. The number of nitrogens with zero attached hydrogens (tertiary/aromatic N) is 1. The Kier molecular flexibility index (Phi) is 9.22. The second kappa shape index (κ2) is 11.3. The van der Waals surface area contributed by atoms with Crippen molar-refractivity contribution in [3.8, 4) is 5.88 Å². The largest absolute Gasteiger partial charge is 0.475 e. The number of benzene rings is 1. The summed E-state index contributed by atoms with van der Waals surface area (Å²) in [5, 5.41) is 0. The molecule has 0 radical (unpaired) electrons. The number of carbonyl (C=O) groups is 1. The van der Waals surface area contributed by atoms with E-state index < -0.39 is 39.5 Å². The van der Waals surface area contributed by atoms with Crippen molar-refractivity contribution in [2.45, 2.75) is 65.2 Å². The minimum absolute atomic E-state index is 0.000774. The third kappa shape index (κ3) is 7.78. The Hall–Kier alpha value is -2.49. The van der Waals surface area contributed by atoms with Crippen molar-refractivity contribution < 1.29 is 35.5 Å². The normalized spacial score (nSPS) is 13.2. The fraction of sp³-hybridized carbons (Fsp3) is 0.500. The second-order valence-corrected chi connectivity index (χ2v) is 10.8. The number of ketones is 1. The van der Waals surface area contributed by atoms with Gasteiger partial charge in [-0.2, -0.15) is 13.2 Å². The van der Waals surface area contributed by atoms with Crippen LogP contribution in [0.2, 0.25) is 0 Å². The summed E-state index contributed by atoms with van der Waals surface area (Å²) in [4.78, 5) is 16.3. The van der Waals surface area contributed by atoms with E-state index in [1.165, 1.54) is 25.1 Å². The maximum atomic E-state index is 14.5. The topological polar surface area (TPSA) is 73.3 Å². The van der Waals surface area contributed by atoms with Crippen LogP contribution < -0.4 is 4.74 Å². The molecule has 1 heterocycles. The SMILES string of the molecule is CCS(=O)(=O)CCc1ccc(C(C)C(=O)CCc2ccc(C(F)(F)F)nc2OC(C)C)cc1F. The number of hydrogen-bond donors (Lipinski definition) is 0. The molecule has 0 amide bonds. The molecule has 10 heteroatoms. The lowest BCUT2D eigenvalue weighted by molar-refractivity contribution is -0.141. The van der Waals surface area contributed by atoms with E-state index in [4.69, 9.17) is 4.74 Å². The number of ether oxygens (including phenoxy) is 1. The van der Waals surface area contributed by atoms with Gasteiger partial charge in [-0.3, -0.25) is 4.79 Å². The maximum Gasteiger partial charge on any atom is 0.433 e. The van der Waals surface area contributed by atoms with E-state index in [-0.39, 0.29) is 48.0 Å². The van der Waals surface area contributed by atoms with Gasteiger partial charge in [-0.05, 0) is 49.9 Å². The van der Waals surface area contributed by atoms with Gasteiger partial charge in [0.1, 0.15) is 27.1 Å². The Morgan fingerprint density at radius 1 is 1.06 bits per heavy atom. The summed E-state index contributed by atoms with van der Waals surface area (Å²) in [5.74, 6) is -1.80. The van der Waals surface area contributed by atoms with E-state index in [1.807, 2.05) is 0 Å². The van der Waals surface area contributed by atoms with Crippen molar-refractivity contribution in [3.05, 3.63) is 58.5 Å². The van der Waals surface area contributed by atoms with Gasteiger partial charge in [0, 0.05) is 23.7 Å². The Balaban J connectivity index is 2.11. The number of aromatic nitrogens is 1. The number of alkyl halides is 3. The highest BCUT2D eigenvalue weighted by atomic mass is 32.2. The van der Waals surface area contributed by atoms with E-state index in [1.54, 1.807) is 26.8 Å². The zero-order valence-corrected chi connectivity index (χ0v) is 20.4. The highest BCUT2D eigenvalue weighted by molar-refractivity contribution is 7.91. The zero-order valence-electron chi connectivity index (χ0n) is 19.6. The molecule has 5 nitrogen and oxygen atoms in total. The van der Waals surface area contributed by atoms with Crippen LogP contribution in [-0.4, -0.2) is 36.8 Å². The first kappa shape index (κ1) is 27.8. The van der Waals surface area contributed by atoms with E-state index in [0.29, 0.717) is 11.1 Å². The molecule has 1 aromatic carbocycles. The monoisotopic (exact) mass is 503 g/mol. The van der Waals surface area contributed by atoms with Crippen LogP contribution in [-0.2, 0) is 33.6 Å². The first-order valence-corrected chi connectivity index (χ1v) is 12.8. The summed E-state index contributed by atoms with van der Waals surface area (Å²) in [5.41, 5.74) is -0.00432. The Morgan fingerprint density at radius 3 is 2.26 bits per heavy atom. The summed E-state index contributed by atoms with van der Waals surface area (Å²) >= 11 is 0. The van der Waals surface area contributed by atoms with Crippen LogP contribution in [0.3, 0.4) is 0 Å². The van der Waals surface area contributed by atoms with E-state index >= 15 is 0 Å². The minimum atomic E-state index is -4.62. The molecule has 0 saturated carbocycles. The maximum absolute atomic E-state index is 14.5.